The fourth-order valence-electron chi connectivity index (χ4n) is 1.98. The summed E-state index contributed by atoms with van der Waals surface area (Å²) in [5, 5.41) is 6.87. The lowest BCUT2D eigenvalue weighted by molar-refractivity contribution is 0.0397. The van der Waals surface area contributed by atoms with Crippen LogP contribution in [0.3, 0.4) is 0 Å². The van der Waals surface area contributed by atoms with E-state index in [4.69, 9.17) is 4.74 Å². The van der Waals surface area contributed by atoms with E-state index < -0.39 is 0 Å². The van der Waals surface area contributed by atoms with Gasteiger partial charge in [-0.3, -0.25) is 4.90 Å². The highest BCUT2D eigenvalue weighted by Crippen LogP contribution is 2.03. The van der Waals surface area contributed by atoms with Gasteiger partial charge in [-0.2, -0.15) is 0 Å². The molecule has 2 aliphatic rings. The normalized spacial score (nSPS) is 15.9. The van der Waals surface area contributed by atoms with Crippen LogP contribution in [0.1, 0.15) is 42.0 Å². The van der Waals surface area contributed by atoms with Crippen LogP contribution in [0.15, 0.2) is 36.0 Å². The first-order chi connectivity index (χ1) is 11.5. The largest absolute Gasteiger partial charge is 0.412 e. The van der Waals surface area contributed by atoms with Crippen molar-refractivity contribution >= 4 is 0 Å². The Morgan fingerprint density at radius 1 is 1.15 bits per heavy atom. The molecule has 1 aliphatic carbocycles. The van der Waals surface area contributed by atoms with Crippen LogP contribution in [0.25, 0.3) is 0 Å². The van der Waals surface area contributed by atoms with Crippen LogP contribution in [0.2, 0.25) is 0 Å². The van der Waals surface area contributed by atoms with Gasteiger partial charge in [0.25, 0.3) is 0 Å². The summed E-state index contributed by atoms with van der Waals surface area (Å²) in [6, 6.07) is 0. The molecule has 0 atom stereocenters. The number of ether oxygens (including phenoxy) is 1. The molecule has 0 unspecified atom stereocenters. The fourth-order valence-corrected chi connectivity index (χ4v) is 1.98. The first-order valence-electron chi connectivity index (χ1n) is 8.80. The van der Waals surface area contributed by atoms with Crippen molar-refractivity contribution in [2.24, 2.45) is 5.73 Å². The van der Waals surface area contributed by atoms with E-state index in [2.05, 4.69) is 51.6 Å². The van der Waals surface area contributed by atoms with Gasteiger partial charge >= 0.3 is 0 Å². The highest BCUT2D eigenvalue weighted by molar-refractivity contribution is 5.27. The van der Waals surface area contributed by atoms with E-state index in [1.165, 1.54) is 12.6 Å². The third-order valence-electron chi connectivity index (χ3n) is 3.56. The number of nitrogens with two attached hydrogens (primary N) is 1. The van der Waals surface area contributed by atoms with Crippen molar-refractivity contribution in [1.82, 2.24) is 15.5 Å². The Kier molecular flexibility index (Phi) is 26.4. The summed E-state index contributed by atoms with van der Waals surface area (Å²) in [5.74, 6) is 0. The molecule has 0 aromatic heterocycles. The number of allylic oxidation sites excluding steroid dienone is 4. The van der Waals surface area contributed by atoms with Crippen LogP contribution in [0, 0.1) is 0 Å². The monoisotopic (exact) mass is 388 g/mol. The molecular formula is C21H48N4O2. The summed E-state index contributed by atoms with van der Waals surface area (Å²) in [7, 11) is 3.21. The van der Waals surface area contributed by atoms with Crippen LogP contribution in [-0.2, 0) is 4.74 Å². The van der Waals surface area contributed by atoms with Gasteiger partial charge in [0, 0.05) is 46.5 Å². The molecule has 6 nitrogen and oxygen atoms in total. The topological polar surface area (TPSA) is 94.0 Å². The third kappa shape index (κ3) is 21.1. The molecule has 1 heterocycles. The van der Waals surface area contributed by atoms with Crippen molar-refractivity contribution in [2.45, 2.75) is 47.6 Å². The lowest BCUT2D eigenvalue weighted by Gasteiger charge is -2.27. The third-order valence-corrected chi connectivity index (χ3v) is 3.56. The highest BCUT2D eigenvalue weighted by atomic mass is 16.5. The molecule has 27 heavy (non-hydrogen) atoms. The van der Waals surface area contributed by atoms with Crippen molar-refractivity contribution in [3.05, 3.63) is 36.0 Å². The minimum atomic E-state index is 0. The molecule has 0 amide bonds. The van der Waals surface area contributed by atoms with E-state index in [0.717, 1.165) is 45.8 Å². The van der Waals surface area contributed by atoms with Crippen molar-refractivity contribution in [2.75, 3.05) is 53.5 Å². The van der Waals surface area contributed by atoms with Crippen LogP contribution >= 0.6 is 0 Å². The first-order valence-corrected chi connectivity index (χ1v) is 8.80. The first kappa shape index (κ1) is 33.6. The molecule has 1 saturated heterocycles. The second-order valence-corrected chi connectivity index (χ2v) is 6.57. The predicted molar refractivity (Wildman–Crippen MR) is 122 cm³/mol. The van der Waals surface area contributed by atoms with Gasteiger partial charge in [0.1, 0.15) is 0 Å². The molecule has 0 radical (unpaired) electrons. The Labute approximate surface area is 169 Å². The number of nitrogens with zero attached hydrogens (tertiary/aromatic N) is 1. The lowest BCUT2D eigenvalue weighted by atomic mass is 10.2. The molecule has 0 aromatic rings. The summed E-state index contributed by atoms with van der Waals surface area (Å²) in [5.41, 5.74) is 5.93. The molecule has 164 valence electrons. The lowest BCUT2D eigenvalue weighted by Crippen LogP contribution is -2.47. The highest BCUT2D eigenvalue weighted by Gasteiger charge is 2.08. The van der Waals surface area contributed by atoms with Gasteiger partial charge in [-0.05, 0) is 39.8 Å². The zero-order valence-electron chi connectivity index (χ0n) is 16.8. The van der Waals surface area contributed by atoms with Crippen molar-refractivity contribution < 1.29 is 10.2 Å². The molecule has 2 rings (SSSR count). The molecule has 6 heteroatoms. The number of methoxy groups -OCH3 is 1. The second-order valence-electron chi connectivity index (χ2n) is 6.57. The van der Waals surface area contributed by atoms with Crippen LogP contribution < -0.4 is 16.4 Å². The van der Waals surface area contributed by atoms with Gasteiger partial charge < -0.3 is 26.6 Å². The van der Waals surface area contributed by atoms with Crippen LogP contribution in [0.4, 0.5) is 0 Å². The summed E-state index contributed by atoms with van der Waals surface area (Å²) in [6.07, 6.45) is 11.9. The van der Waals surface area contributed by atoms with E-state index in [-0.39, 0.29) is 25.9 Å². The molecular weight excluding hydrogens is 340 g/mol. The minimum absolute atomic E-state index is 0. The Morgan fingerprint density at radius 2 is 1.70 bits per heavy atom. The van der Waals surface area contributed by atoms with Crippen molar-refractivity contribution in [3.8, 4) is 0 Å². The molecule has 1 fully saturated rings. The average molecular weight is 389 g/mol. The van der Waals surface area contributed by atoms with E-state index in [0.29, 0.717) is 0 Å². The maximum atomic E-state index is 4.94. The Morgan fingerprint density at radius 3 is 2.22 bits per heavy atom. The molecule has 0 aromatic carbocycles. The molecule has 0 bridgehead atoms. The van der Waals surface area contributed by atoms with Crippen LogP contribution in [0.5, 0.6) is 0 Å². The Hall–Kier alpha value is -1.02. The van der Waals surface area contributed by atoms with E-state index in [1.807, 2.05) is 20.8 Å². The fraction of sp³-hybridized carbons (Fsp3) is 0.714. The zero-order valence-corrected chi connectivity index (χ0v) is 16.8. The predicted octanol–water partition coefficient (Wildman–Crippen LogP) is 2.33. The maximum Gasteiger partial charge on any atom is 0.0594 e. The number of hydrogen-bond donors (Lipinski definition) is 3. The standard InChI is InChI=1S/C13H21N3.C5H12O.CH5N.2CH4.H2O/c1-2-4-6-13(5-3-1)11-15-12-16-9-7-14-8-10-16;1-5(2,3)6-4;1-2;;;/h1-3,5-6,14-15H,4,7-12H2;1-4H3;2H2,1H3;2*1H4;1H2. The van der Waals surface area contributed by atoms with Gasteiger partial charge in [0.15, 0.2) is 0 Å². The molecule has 1 aliphatic heterocycles. The second kappa shape index (κ2) is 21.3. The van der Waals surface area contributed by atoms with Gasteiger partial charge in [0.2, 0.25) is 0 Å². The Balaban J connectivity index is -0.000000210. The quantitative estimate of drug-likeness (QED) is 0.687. The summed E-state index contributed by atoms with van der Waals surface area (Å²) in [6.45, 7) is 12.6. The molecule has 0 spiro atoms. The summed E-state index contributed by atoms with van der Waals surface area (Å²) in [4.78, 5) is 2.45. The summed E-state index contributed by atoms with van der Waals surface area (Å²) < 4.78 is 4.94. The van der Waals surface area contributed by atoms with Gasteiger partial charge in [0.05, 0.1) is 5.60 Å². The number of piperazine rings is 1. The molecule has 0 saturated carbocycles. The number of nitrogens with one attached hydrogen (secondary N) is 2. The maximum absolute atomic E-state index is 4.94. The smallest absolute Gasteiger partial charge is 0.0594 e. The number of hydrogen-bond acceptors (Lipinski definition) is 5. The van der Waals surface area contributed by atoms with Gasteiger partial charge in [-0.15, -0.1) is 0 Å². The van der Waals surface area contributed by atoms with E-state index in [1.54, 1.807) is 7.11 Å². The summed E-state index contributed by atoms with van der Waals surface area (Å²) >= 11 is 0. The minimum Gasteiger partial charge on any atom is -0.412 e. The average Bonchev–Trinajstić information content (AvgIpc) is 2.86. The molecule has 6 N–H and O–H groups in total. The van der Waals surface area contributed by atoms with Gasteiger partial charge in [-0.25, -0.2) is 0 Å². The number of rotatable bonds is 4. The van der Waals surface area contributed by atoms with Crippen LogP contribution in [-0.4, -0.2) is 69.5 Å². The Bertz CT molecular complexity index is 382. The van der Waals surface area contributed by atoms with Crippen molar-refractivity contribution in [3.63, 3.8) is 0 Å². The SMILES string of the molecule is C.C.C1=CCC=C(CNCN2CCNCC2)C=C1.CN.COC(C)(C)C.O. The van der Waals surface area contributed by atoms with Crippen molar-refractivity contribution in [1.29, 1.82) is 0 Å². The van der Waals surface area contributed by atoms with E-state index >= 15 is 0 Å². The van der Waals surface area contributed by atoms with E-state index in [9.17, 15) is 0 Å². The van der Waals surface area contributed by atoms with Gasteiger partial charge in [-0.1, -0.05) is 45.2 Å². The zero-order chi connectivity index (χ0) is 18.3.